The van der Waals surface area contributed by atoms with Crippen LogP contribution >= 0.6 is 0 Å². The number of piperidine rings is 2. The average molecular weight is 489 g/mol. The minimum absolute atomic E-state index is 0.0702. The van der Waals surface area contributed by atoms with E-state index in [1.165, 1.54) is 5.56 Å². The lowest BCUT2D eigenvalue weighted by Crippen LogP contribution is -2.56. The lowest BCUT2D eigenvalue weighted by atomic mass is 9.83. The van der Waals surface area contributed by atoms with Crippen LogP contribution in [-0.2, 0) is 22.4 Å². The molecule has 2 aromatic carbocycles. The normalized spacial score (nSPS) is 21.8. The Bertz CT molecular complexity index is 1070. The van der Waals surface area contributed by atoms with Crippen molar-refractivity contribution in [3.05, 3.63) is 65.7 Å². The van der Waals surface area contributed by atoms with Crippen molar-refractivity contribution in [2.75, 3.05) is 37.6 Å². The second-order valence-corrected chi connectivity index (χ2v) is 10.3. The number of carbonyl (C=O) groups excluding carboxylic acids is 3. The Morgan fingerprint density at radius 1 is 0.889 bits per heavy atom. The molecular formula is C29H36N4O3. The molecule has 3 aliphatic rings. The molecular weight excluding hydrogens is 452 g/mol. The zero-order valence-electron chi connectivity index (χ0n) is 20.9. The molecule has 3 aliphatic heterocycles. The van der Waals surface area contributed by atoms with E-state index < -0.39 is 0 Å². The Morgan fingerprint density at radius 2 is 1.69 bits per heavy atom. The smallest absolute Gasteiger partial charge is 0.321 e. The predicted molar refractivity (Wildman–Crippen MR) is 140 cm³/mol. The highest BCUT2D eigenvalue weighted by molar-refractivity contribution is 5.94. The topological polar surface area (TPSA) is 73.0 Å². The molecule has 2 atom stereocenters. The highest BCUT2D eigenvalue weighted by Crippen LogP contribution is 2.31. The predicted octanol–water partition coefficient (Wildman–Crippen LogP) is 3.62. The van der Waals surface area contributed by atoms with Gasteiger partial charge in [0.1, 0.15) is 0 Å². The van der Waals surface area contributed by atoms with Crippen LogP contribution < -0.4 is 10.2 Å². The summed E-state index contributed by atoms with van der Waals surface area (Å²) in [6.07, 6.45) is 5.70. The number of nitrogens with one attached hydrogen (secondary N) is 1. The number of fused-ring (bicyclic) bond motifs is 1. The largest absolute Gasteiger partial charge is 0.342 e. The van der Waals surface area contributed by atoms with Crippen LogP contribution in [0.15, 0.2) is 54.6 Å². The standard InChI is InChI=1S/C29H36N4O3/c34-27(10-4-8-22-6-2-1-3-7-22)31-18-15-26-24(21-31)9-5-17-33(26)28(35)20-23-11-13-25(14-12-23)32-19-16-30-29(32)36/h1-3,6-7,11-14,24,26H,4-5,8-10,15-21H2,(H,30,36)/t24-,26+/m1/s1. The van der Waals surface area contributed by atoms with E-state index in [2.05, 4.69) is 22.3 Å². The van der Waals surface area contributed by atoms with Gasteiger partial charge in [-0.2, -0.15) is 0 Å². The van der Waals surface area contributed by atoms with Crippen molar-refractivity contribution < 1.29 is 14.4 Å². The number of anilines is 1. The molecule has 3 fully saturated rings. The number of benzene rings is 2. The average Bonchev–Trinajstić information content (AvgIpc) is 3.34. The van der Waals surface area contributed by atoms with Crippen molar-refractivity contribution in [2.24, 2.45) is 5.92 Å². The van der Waals surface area contributed by atoms with E-state index in [4.69, 9.17) is 0 Å². The summed E-state index contributed by atoms with van der Waals surface area (Å²) < 4.78 is 0. The number of hydrogen-bond acceptors (Lipinski definition) is 3. The number of nitrogens with zero attached hydrogens (tertiary/aromatic N) is 3. The second-order valence-electron chi connectivity index (χ2n) is 10.3. The monoisotopic (exact) mass is 488 g/mol. The Hall–Kier alpha value is -3.35. The summed E-state index contributed by atoms with van der Waals surface area (Å²) in [7, 11) is 0. The molecule has 0 radical (unpaired) electrons. The quantitative estimate of drug-likeness (QED) is 0.647. The molecule has 3 heterocycles. The van der Waals surface area contributed by atoms with Gasteiger partial charge < -0.3 is 15.1 Å². The second kappa shape index (κ2) is 11.1. The van der Waals surface area contributed by atoms with Gasteiger partial charge in [-0.05, 0) is 61.3 Å². The SMILES string of the molecule is O=C(CCCc1ccccc1)N1CC[C@H]2[C@H](CCCN2C(=O)Cc2ccc(N3CCNC3=O)cc2)C1. The number of carbonyl (C=O) groups is 3. The molecule has 0 spiro atoms. The number of amides is 4. The van der Waals surface area contributed by atoms with Crippen LogP contribution in [0.25, 0.3) is 0 Å². The number of hydrogen-bond donors (Lipinski definition) is 1. The molecule has 0 aliphatic carbocycles. The van der Waals surface area contributed by atoms with Crippen LogP contribution in [0.3, 0.4) is 0 Å². The van der Waals surface area contributed by atoms with E-state index in [1.54, 1.807) is 4.90 Å². The fourth-order valence-electron chi connectivity index (χ4n) is 5.97. The molecule has 7 nitrogen and oxygen atoms in total. The first-order valence-electron chi connectivity index (χ1n) is 13.3. The first-order valence-corrected chi connectivity index (χ1v) is 13.3. The van der Waals surface area contributed by atoms with Gasteiger partial charge in [0.05, 0.1) is 6.42 Å². The number of aryl methyl sites for hydroxylation is 1. The maximum atomic E-state index is 13.3. The lowest BCUT2D eigenvalue weighted by molar-refractivity contribution is -0.141. The Kier molecular flexibility index (Phi) is 7.54. The van der Waals surface area contributed by atoms with E-state index in [-0.39, 0.29) is 23.9 Å². The molecule has 0 saturated carbocycles. The van der Waals surface area contributed by atoms with E-state index in [1.807, 2.05) is 47.4 Å². The van der Waals surface area contributed by atoms with Crippen LogP contribution in [-0.4, -0.2) is 66.4 Å². The third-order valence-electron chi connectivity index (χ3n) is 7.90. The van der Waals surface area contributed by atoms with Crippen LogP contribution in [0.2, 0.25) is 0 Å². The molecule has 1 N–H and O–H groups in total. The van der Waals surface area contributed by atoms with Crippen molar-refractivity contribution in [1.82, 2.24) is 15.1 Å². The van der Waals surface area contributed by atoms with E-state index >= 15 is 0 Å². The van der Waals surface area contributed by atoms with Gasteiger partial charge in [-0.1, -0.05) is 42.5 Å². The van der Waals surface area contributed by atoms with Gasteiger partial charge in [-0.25, -0.2) is 4.79 Å². The summed E-state index contributed by atoms with van der Waals surface area (Å²) in [4.78, 5) is 43.9. The van der Waals surface area contributed by atoms with Gasteiger partial charge in [0.2, 0.25) is 11.8 Å². The van der Waals surface area contributed by atoms with Crippen LogP contribution in [0.5, 0.6) is 0 Å². The van der Waals surface area contributed by atoms with Crippen molar-refractivity contribution in [1.29, 1.82) is 0 Å². The highest BCUT2D eigenvalue weighted by atomic mass is 16.2. The fraction of sp³-hybridized carbons (Fsp3) is 0.483. The van der Waals surface area contributed by atoms with Gasteiger partial charge in [0.25, 0.3) is 0 Å². The molecule has 0 aromatic heterocycles. The van der Waals surface area contributed by atoms with Gasteiger partial charge in [-0.15, -0.1) is 0 Å². The van der Waals surface area contributed by atoms with Gasteiger partial charge >= 0.3 is 6.03 Å². The molecule has 2 aromatic rings. The summed E-state index contributed by atoms with van der Waals surface area (Å²) in [6, 6.07) is 18.3. The first-order chi connectivity index (χ1) is 17.6. The summed E-state index contributed by atoms with van der Waals surface area (Å²) in [5, 5.41) is 2.81. The zero-order valence-corrected chi connectivity index (χ0v) is 20.9. The lowest BCUT2D eigenvalue weighted by Gasteiger charge is -2.47. The minimum Gasteiger partial charge on any atom is -0.342 e. The molecule has 36 heavy (non-hydrogen) atoms. The molecule has 190 valence electrons. The summed E-state index contributed by atoms with van der Waals surface area (Å²) in [5.41, 5.74) is 3.11. The van der Waals surface area contributed by atoms with Crippen molar-refractivity contribution in [2.45, 2.75) is 51.0 Å². The minimum atomic E-state index is -0.0702. The highest BCUT2D eigenvalue weighted by Gasteiger charge is 2.39. The fourth-order valence-corrected chi connectivity index (χ4v) is 5.97. The molecule has 7 heteroatoms. The zero-order chi connectivity index (χ0) is 24.9. The van der Waals surface area contributed by atoms with E-state index in [0.29, 0.717) is 31.8 Å². The maximum Gasteiger partial charge on any atom is 0.321 e. The number of urea groups is 1. The number of rotatable bonds is 7. The van der Waals surface area contributed by atoms with Crippen molar-refractivity contribution in [3.63, 3.8) is 0 Å². The van der Waals surface area contributed by atoms with Gasteiger partial charge in [-0.3, -0.25) is 14.5 Å². The maximum absolute atomic E-state index is 13.3. The van der Waals surface area contributed by atoms with Crippen LogP contribution in [0, 0.1) is 5.92 Å². The van der Waals surface area contributed by atoms with Crippen molar-refractivity contribution >= 4 is 23.5 Å². The molecule has 0 bridgehead atoms. The Labute approximate surface area is 213 Å². The number of likely N-dealkylation sites (tertiary alicyclic amines) is 2. The van der Waals surface area contributed by atoms with Crippen molar-refractivity contribution in [3.8, 4) is 0 Å². The Morgan fingerprint density at radius 3 is 2.44 bits per heavy atom. The molecule has 3 saturated heterocycles. The van der Waals surface area contributed by atoms with Crippen LogP contribution in [0.1, 0.15) is 43.2 Å². The third-order valence-corrected chi connectivity index (χ3v) is 7.90. The van der Waals surface area contributed by atoms with Crippen LogP contribution in [0.4, 0.5) is 10.5 Å². The first kappa shape index (κ1) is 24.3. The van der Waals surface area contributed by atoms with E-state index in [0.717, 1.165) is 63.0 Å². The molecule has 0 unspecified atom stereocenters. The Balaban J connectivity index is 1.12. The summed E-state index contributed by atoms with van der Waals surface area (Å²) in [6.45, 7) is 3.64. The van der Waals surface area contributed by atoms with Gasteiger partial charge in [0.15, 0.2) is 0 Å². The van der Waals surface area contributed by atoms with Gasteiger partial charge in [0, 0.05) is 50.9 Å². The molecule has 4 amide bonds. The van der Waals surface area contributed by atoms with E-state index in [9.17, 15) is 14.4 Å². The molecule has 5 rings (SSSR count). The summed E-state index contributed by atoms with van der Waals surface area (Å²) >= 11 is 0. The summed E-state index contributed by atoms with van der Waals surface area (Å²) in [5.74, 6) is 0.782. The third kappa shape index (κ3) is 5.55.